The van der Waals surface area contributed by atoms with Crippen LogP contribution in [0.5, 0.6) is 0 Å². The van der Waals surface area contributed by atoms with E-state index in [0.29, 0.717) is 0 Å². The fourth-order valence-corrected chi connectivity index (χ4v) is 8.80. The molecule has 0 aliphatic carbocycles. The Balaban J connectivity index is 1.09. The van der Waals surface area contributed by atoms with Gasteiger partial charge in [0, 0.05) is 43.3 Å². The monoisotopic (exact) mass is 686 g/mol. The first kappa shape index (κ1) is 30.3. The van der Waals surface area contributed by atoms with Gasteiger partial charge in [-0.25, -0.2) is 4.39 Å². The van der Waals surface area contributed by atoms with Crippen LogP contribution in [0.3, 0.4) is 0 Å². The summed E-state index contributed by atoms with van der Waals surface area (Å²) in [7, 11) is 0. The van der Waals surface area contributed by atoms with E-state index >= 15 is 0 Å². The molecule has 10 aromatic rings. The third-order valence-corrected chi connectivity index (χ3v) is 11.3. The number of fused-ring (bicyclic) bond motifs is 6. The number of halogens is 1. The fourth-order valence-electron chi connectivity index (χ4n) is 7.59. The lowest BCUT2D eigenvalue weighted by Gasteiger charge is -2.26. The van der Waals surface area contributed by atoms with Crippen LogP contribution in [0.4, 0.5) is 21.5 Å². The van der Waals surface area contributed by atoms with E-state index in [0.717, 1.165) is 50.3 Å². The minimum absolute atomic E-state index is 0.237. The normalized spacial score (nSPS) is 11.6. The van der Waals surface area contributed by atoms with E-state index in [1.165, 1.54) is 48.8 Å². The zero-order valence-electron chi connectivity index (χ0n) is 28.1. The smallest absolute Gasteiger partial charge is 0.123 e. The number of para-hydroxylation sites is 1. The maximum absolute atomic E-state index is 13.8. The molecule has 0 saturated carbocycles. The molecular weight excluding hydrogens is 656 g/mol. The molecule has 0 N–H and O–H groups in total. The summed E-state index contributed by atoms with van der Waals surface area (Å²) in [6.07, 6.45) is 0. The van der Waals surface area contributed by atoms with Crippen molar-refractivity contribution >= 4 is 70.4 Å². The third-order valence-electron chi connectivity index (χ3n) is 10.1. The summed E-state index contributed by atoms with van der Waals surface area (Å²) in [6, 6.07) is 65.5. The van der Waals surface area contributed by atoms with Crippen molar-refractivity contribution in [2.45, 2.75) is 0 Å². The van der Waals surface area contributed by atoms with Gasteiger partial charge in [-0.3, -0.25) is 0 Å². The molecule has 10 rings (SSSR count). The van der Waals surface area contributed by atoms with Crippen LogP contribution >= 0.6 is 11.3 Å². The van der Waals surface area contributed by atoms with Crippen molar-refractivity contribution < 1.29 is 4.39 Å². The predicted octanol–water partition coefficient (Wildman–Crippen LogP) is 14.1. The van der Waals surface area contributed by atoms with E-state index in [2.05, 4.69) is 173 Å². The highest BCUT2D eigenvalue weighted by Gasteiger charge is 2.19. The Morgan fingerprint density at radius 2 is 1.00 bits per heavy atom. The number of benzene rings is 8. The first-order valence-corrected chi connectivity index (χ1v) is 18.3. The van der Waals surface area contributed by atoms with Crippen LogP contribution in [0.25, 0.3) is 69.9 Å². The lowest BCUT2D eigenvalue weighted by Crippen LogP contribution is -2.10. The predicted molar refractivity (Wildman–Crippen MR) is 219 cm³/mol. The molecule has 2 nitrogen and oxygen atoms in total. The van der Waals surface area contributed by atoms with Crippen LogP contribution in [0.15, 0.2) is 188 Å². The van der Waals surface area contributed by atoms with E-state index in [1.807, 2.05) is 23.5 Å². The Morgan fingerprint density at radius 1 is 0.423 bits per heavy atom. The summed E-state index contributed by atoms with van der Waals surface area (Å²) in [5.74, 6) is -0.237. The second kappa shape index (κ2) is 12.4. The molecule has 2 heterocycles. The van der Waals surface area contributed by atoms with E-state index in [-0.39, 0.29) is 5.82 Å². The van der Waals surface area contributed by atoms with Gasteiger partial charge in [0.2, 0.25) is 0 Å². The molecule has 2 aromatic heterocycles. The zero-order chi connectivity index (χ0) is 34.6. The van der Waals surface area contributed by atoms with Crippen molar-refractivity contribution in [3.8, 4) is 27.9 Å². The average molecular weight is 687 g/mol. The van der Waals surface area contributed by atoms with Crippen LogP contribution in [-0.4, -0.2) is 4.57 Å². The number of thiophene rings is 1. The Labute approximate surface area is 304 Å². The molecule has 246 valence electrons. The molecule has 0 spiro atoms. The minimum Gasteiger partial charge on any atom is -0.309 e. The van der Waals surface area contributed by atoms with E-state index in [1.54, 1.807) is 0 Å². The number of nitrogens with zero attached hydrogens (tertiary/aromatic N) is 2. The highest BCUT2D eigenvalue weighted by molar-refractivity contribution is 7.26. The lowest BCUT2D eigenvalue weighted by atomic mass is 10.0. The molecule has 8 aromatic carbocycles. The van der Waals surface area contributed by atoms with Crippen LogP contribution in [0.2, 0.25) is 0 Å². The molecule has 0 saturated heterocycles. The molecule has 0 aliphatic rings. The molecule has 0 aliphatic heterocycles. The molecule has 0 amide bonds. The molecule has 0 atom stereocenters. The SMILES string of the molecule is Fc1ccc(-n2c3ccccc3c3cc(-c4ccc(N(c5ccc(-c6ccccc6)cc5)c5cccc6c5sc5ccccc56)cc4)ccc32)cc1. The zero-order valence-corrected chi connectivity index (χ0v) is 28.9. The molecular formula is C48H31FN2S. The molecule has 0 unspecified atom stereocenters. The van der Waals surface area contributed by atoms with Crippen LogP contribution in [0, 0.1) is 5.82 Å². The topological polar surface area (TPSA) is 8.17 Å². The quantitative estimate of drug-likeness (QED) is 0.169. The summed E-state index contributed by atoms with van der Waals surface area (Å²) >= 11 is 1.85. The summed E-state index contributed by atoms with van der Waals surface area (Å²) in [6.45, 7) is 0. The molecule has 52 heavy (non-hydrogen) atoms. The summed E-state index contributed by atoms with van der Waals surface area (Å²) < 4.78 is 18.6. The average Bonchev–Trinajstić information content (AvgIpc) is 3.75. The standard InChI is InChI=1S/C48H31FN2S/c49-36-22-28-39(29-23-36)51-44-14-6-4-11-40(44)43-31-35(21-30-45(43)51)34-19-26-38(27-20-34)50(37-24-17-33(18-25-37)32-9-2-1-3-10-32)46-15-8-13-42-41-12-5-7-16-47(41)52-48(42)46/h1-31H. The van der Waals surface area contributed by atoms with Gasteiger partial charge in [0.25, 0.3) is 0 Å². The highest BCUT2D eigenvalue weighted by atomic mass is 32.1. The summed E-state index contributed by atoms with van der Waals surface area (Å²) in [4.78, 5) is 2.38. The number of hydrogen-bond donors (Lipinski definition) is 0. The number of anilines is 3. The molecule has 0 radical (unpaired) electrons. The molecule has 0 fully saturated rings. The lowest BCUT2D eigenvalue weighted by molar-refractivity contribution is 0.627. The second-order valence-electron chi connectivity index (χ2n) is 13.1. The van der Waals surface area contributed by atoms with Crippen molar-refractivity contribution in [3.05, 3.63) is 194 Å². The van der Waals surface area contributed by atoms with Crippen molar-refractivity contribution in [2.75, 3.05) is 4.90 Å². The Hall–Kier alpha value is -6.49. The molecule has 0 bridgehead atoms. The van der Waals surface area contributed by atoms with Crippen LogP contribution < -0.4 is 4.90 Å². The fraction of sp³-hybridized carbons (Fsp3) is 0. The van der Waals surface area contributed by atoms with Crippen molar-refractivity contribution in [3.63, 3.8) is 0 Å². The largest absolute Gasteiger partial charge is 0.309 e. The van der Waals surface area contributed by atoms with Gasteiger partial charge in [-0.15, -0.1) is 11.3 Å². The van der Waals surface area contributed by atoms with Crippen LogP contribution in [-0.2, 0) is 0 Å². The van der Waals surface area contributed by atoms with Crippen LogP contribution in [0.1, 0.15) is 0 Å². The number of rotatable bonds is 6. The molecule has 4 heteroatoms. The third kappa shape index (κ3) is 5.07. The first-order valence-electron chi connectivity index (χ1n) is 17.5. The van der Waals surface area contributed by atoms with Gasteiger partial charge in [-0.2, -0.15) is 0 Å². The van der Waals surface area contributed by atoms with Gasteiger partial charge < -0.3 is 9.47 Å². The Morgan fingerprint density at radius 3 is 1.75 bits per heavy atom. The minimum atomic E-state index is -0.237. The summed E-state index contributed by atoms with van der Waals surface area (Å²) in [5.41, 5.74) is 11.2. The van der Waals surface area contributed by atoms with Gasteiger partial charge in [0.15, 0.2) is 0 Å². The van der Waals surface area contributed by atoms with Crippen molar-refractivity contribution in [2.24, 2.45) is 0 Å². The first-order chi connectivity index (χ1) is 25.7. The van der Waals surface area contributed by atoms with Gasteiger partial charge in [0.1, 0.15) is 5.82 Å². The highest BCUT2D eigenvalue weighted by Crippen LogP contribution is 2.45. The van der Waals surface area contributed by atoms with E-state index in [4.69, 9.17) is 0 Å². The van der Waals surface area contributed by atoms with Crippen molar-refractivity contribution in [1.82, 2.24) is 4.57 Å². The van der Waals surface area contributed by atoms with Gasteiger partial charge >= 0.3 is 0 Å². The Bertz CT molecular complexity index is 2890. The second-order valence-corrected chi connectivity index (χ2v) is 14.2. The maximum atomic E-state index is 13.8. The number of hydrogen-bond acceptors (Lipinski definition) is 2. The Kier molecular flexibility index (Phi) is 7.22. The van der Waals surface area contributed by atoms with E-state index in [9.17, 15) is 4.39 Å². The van der Waals surface area contributed by atoms with Gasteiger partial charge in [-0.1, -0.05) is 109 Å². The summed E-state index contributed by atoms with van der Waals surface area (Å²) in [5, 5.41) is 4.89. The number of aromatic nitrogens is 1. The van der Waals surface area contributed by atoms with Gasteiger partial charge in [0.05, 0.1) is 21.4 Å². The van der Waals surface area contributed by atoms with E-state index < -0.39 is 0 Å². The van der Waals surface area contributed by atoms with Gasteiger partial charge in [-0.05, 0) is 101 Å². The van der Waals surface area contributed by atoms with Crippen molar-refractivity contribution in [1.29, 1.82) is 0 Å². The maximum Gasteiger partial charge on any atom is 0.123 e.